The van der Waals surface area contributed by atoms with Gasteiger partial charge in [0.05, 0.1) is 6.10 Å². The van der Waals surface area contributed by atoms with Crippen LogP contribution in [-0.4, -0.2) is 34.3 Å². The lowest BCUT2D eigenvalue weighted by molar-refractivity contribution is 0.145. The summed E-state index contributed by atoms with van der Waals surface area (Å²) >= 11 is 6.25. The predicted molar refractivity (Wildman–Crippen MR) is 77.9 cm³/mol. The van der Waals surface area contributed by atoms with Crippen LogP contribution in [0.5, 0.6) is 0 Å². The summed E-state index contributed by atoms with van der Waals surface area (Å²) in [6.07, 6.45) is 1.38. The van der Waals surface area contributed by atoms with Crippen LogP contribution in [0.25, 0.3) is 0 Å². The molecule has 2 heterocycles. The van der Waals surface area contributed by atoms with Crippen LogP contribution < -0.4 is 4.90 Å². The summed E-state index contributed by atoms with van der Waals surface area (Å²) in [5.41, 5.74) is 0.799. The summed E-state index contributed by atoms with van der Waals surface area (Å²) < 4.78 is 0. The molecule has 0 spiro atoms. The van der Waals surface area contributed by atoms with Crippen LogP contribution in [0.4, 0.5) is 5.82 Å². The standard InChI is InChI=1S/C14H22ClN3O/c1-9-11(15)16-13(14(2,3)4)17-12(9)18-7-5-10(19)6-8-18/h10,19H,5-8H2,1-4H3. The molecule has 0 atom stereocenters. The van der Waals surface area contributed by atoms with Crippen molar-refractivity contribution >= 4 is 17.4 Å². The first-order valence-corrected chi connectivity index (χ1v) is 7.14. The van der Waals surface area contributed by atoms with E-state index in [9.17, 15) is 5.11 Å². The minimum atomic E-state index is -0.184. The van der Waals surface area contributed by atoms with E-state index in [0.717, 1.165) is 43.1 Å². The van der Waals surface area contributed by atoms with Gasteiger partial charge in [-0.1, -0.05) is 32.4 Å². The third kappa shape index (κ3) is 3.18. The minimum absolute atomic E-state index is 0.124. The summed E-state index contributed by atoms with van der Waals surface area (Å²) in [7, 11) is 0. The minimum Gasteiger partial charge on any atom is -0.393 e. The van der Waals surface area contributed by atoms with Crippen molar-refractivity contribution in [1.29, 1.82) is 0 Å². The van der Waals surface area contributed by atoms with E-state index in [-0.39, 0.29) is 11.5 Å². The zero-order valence-corrected chi connectivity index (χ0v) is 12.8. The van der Waals surface area contributed by atoms with Crippen LogP contribution in [0.2, 0.25) is 5.15 Å². The number of aliphatic hydroxyl groups excluding tert-OH is 1. The van der Waals surface area contributed by atoms with Gasteiger partial charge >= 0.3 is 0 Å². The van der Waals surface area contributed by atoms with Gasteiger partial charge in [0.2, 0.25) is 0 Å². The normalized spacial score (nSPS) is 17.9. The fourth-order valence-corrected chi connectivity index (χ4v) is 2.36. The number of anilines is 1. The highest BCUT2D eigenvalue weighted by atomic mass is 35.5. The number of nitrogens with zero attached hydrogens (tertiary/aromatic N) is 3. The first-order valence-electron chi connectivity index (χ1n) is 6.76. The molecule has 0 aliphatic carbocycles. The third-order valence-corrected chi connectivity index (χ3v) is 3.86. The van der Waals surface area contributed by atoms with Crippen LogP contribution >= 0.6 is 11.6 Å². The van der Waals surface area contributed by atoms with E-state index in [1.54, 1.807) is 0 Å². The number of aromatic nitrogens is 2. The predicted octanol–water partition coefficient (Wildman–Crippen LogP) is 2.70. The van der Waals surface area contributed by atoms with Gasteiger partial charge in [-0.25, -0.2) is 9.97 Å². The fraction of sp³-hybridized carbons (Fsp3) is 0.714. The number of hydrogen-bond acceptors (Lipinski definition) is 4. The van der Waals surface area contributed by atoms with Crippen molar-refractivity contribution in [2.24, 2.45) is 0 Å². The summed E-state index contributed by atoms with van der Waals surface area (Å²) in [6.45, 7) is 9.83. The van der Waals surface area contributed by atoms with Crippen LogP contribution in [0, 0.1) is 6.92 Å². The van der Waals surface area contributed by atoms with Crippen molar-refractivity contribution < 1.29 is 5.11 Å². The van der Waals surface area contributed by atoms with Crippen LogP contribution in [-0.2, 0) is 5.41 Å². The van der Waals surface area contributed by atoms with Gasteiger partial charge in [0.15, 0.2) is 0 Å². The van der Waals surface area contributed by atoms with Crippen molar-refractivity contribution in [2.45, 2.75) is 52.1 Å². The van der Waals surface area contributed by atoms with E-state index in [1.807, 2.05) is 6.92 Å². The second kappa shape index (κ2) is 5.25. The molecular formula is C14H22ClN3O. The Morgan fingerprint density at radius 1 is 1.21 bits per heavy atom. The van der Waals surface area contributed by atoms with Crippen molar-refractivity contribution in [2.75, 3.05) is 18.0 Å². The van der Waals surface area contributed by atoms with E-state index in [2.05, 4.69) is 30.7 Å². The molecule has 2 rings (SSSR count). The van der Waals surface area contributed by atoms with Gasteiger partial charge in [-0.2, -0.15) is 0 Å². The lowest BCUT2D eigenvalue weighted by atomic mass is 9.95. The van der Waals surface area contributed by atoms with Gasteiger partial charge in [-0.15, -0.1) is 0 Å². The maximum absolute atomic E-state index is 9.60. The van der Waals surface area contributed by atoms with Crippen molar-refractivity contribution in [1.82, 2.24) is 9.97 Å². The molecule has 1 aliphatic rings. The van der Waals surface area contributed by atoms with Gasteiger partial charge in [-0.3, -0.25) is 0 Å². The highest BCUT2D eigenvalue weighted by Crippen LogP contribution is 2.29. The Morgan fingerprint density at radius 2 is 1.79 bits per heavy atom. The van der Waals surface area contributed by atoms with Gasteiger partial charge in [-0.05, 0) is 19.8 Å². The highest BCUT2D eigenvalue weighted by Gasteiger charge is 2.25. The molecule has 0 unspecified atom stereocenters. The summed E-state index contributed by atoms with van der Waals surface area (Å²) in [6, 6.07) is 0. The Balaban J connectivity index is 2.36. The molecule has 0 radical (unpaired) electrons. The Morgan fingerprint density at radius 3 is 2.32 bits per heavy atom. The SMILES string of the molecule is Cc1c(Cl)nc(C(C)(C)C)nc1N1CCC(O)CC1. The van der Waals surface area contributed by atoms with Crippen LogP contribution in [0.1, 0.15) is 45.0 Å². The molecule has 106 valence electrons. The molecule has 0 amide bonds. The maximum Gasteiger partial charge on any atom is 0.137 e. The molecule has 0 saturated carbocycles. The molecule has 1 aliphatic heterocycles. The Bertz CT molecular complexity index is 462. The smallest absolute Gasteiger partial charge is 0.137 e. The van der Waals surface area contributed by atoms with E-state index in [4.69, 9.17) is 16.6 Å². The molecule has 1 aromatic heterocycles. The Labute approximate surface area is 119 Å². The van der Waals surface area contributed by atoms with Gasteiger partial charge < -0.3 is 10.0 Å². The second-order valence-electron chi connectivity index (χ2n) is 6.25. The highest BCUT2D eigenvalue weighted by molar-refractivity contribution is 6.30. The molecular weight excluding hydrogens is 262 g/mol. The van der Waals surface area contributed by atoms with Gasteiger partial charge in [0.25, 0.3) is 0 Å². The van der Waals surface area contributed by atoms with Crippen LogP contribution in [0.3, 0.4) is 0 Å². The number of hydrogen-bond donors (Lipinski definition) is 1. The zero-order chi connectivity index (χ0) is 14.2. The van der Waals surface area contributed by atoms with E-state index in [1.165, 1.54) is 0 Å². The zero-order valence-electron chi connectivity index (χ0n) is 12.1. The molecule has 4 nitrogen and oxygen atoms in total. The fourth-order valence-electron chi connectivity index (χ4n) is 2.20. The van der Waals surface area contributed by atoms with Crippen molar-refractivity contribution in [3.63, 3.8) is 0 Å². The average molecular weight is 284 g/mol. The van der Waals surface area contributed by atoms with E-state index in [0.29, 0.717) is 5.15 Å². The van der Waals surface area contributed by atoms with Gasteiger partial charge in [0, 0.05) is 24.1 Å². The average Bonchev–Trinajstić information content (AvgIpc) is 2.32. The topological polar surface area (TPSA) is 49.2 Å². The summed E-state index contributed by atoms with van der Waals surface area (Å²) in [5, 5.41) is 10.1. The quantitative estimate of drug-likeness (QED) is 0.805. The molecule has 5 heteroatoms. The first kappa shape index (κ1) is 14.5. The molecule has 0 bridgehead atoms. The first-order chi connectivity index (χ1) is 8.79. The summed E-state index contributed by atoms with van der Waals surface area (Å²) in [4.78, 5) is 11.3. The number of rotatable bonds is 1. The lowest BCUT2D eigenvalue weighted by Crippen LogP contribution is -2.37. The molecule has 1 saturated heterocycles. The van der Waals surface area contributed by atoms with Crippen molar-refractivity contribution in [3.05, 3.63) is 16.5 Å². The maximum atomic E-state index is 9.60. The Hall–Kier alpha value is -0.870. The summed E-state index contributed by atoms with van der Waals surface area (Å²) in [5.74, 6) is 1.68. The van der Waals surface area contributed by atoms with Crippen molar-refractivity contribution in [3.8, 4) is 0 Å². The molecule has 1 aromatic rings. The second-order valence-corrected chi connectivity index (χ2v) is 6.61. The Kier molecular flexibility index (Phi) is 4.02. The molecule has 19 heavy (non-hydrogen) atoms. The van der Waals surface area contributed by atoms with E-state index < -0.39 is 0 Å². The third-order valence-electron chi connectivity index (χ3n) is 3.50. The largest absolute Gasteiger partial charge is 0.393 e. The number of aliphatic hydroxyl groups is 1. The van der Waals surface area contributed by atoms with E-state index >= 15 is 0 Å². The molecule has 1 N–H and O–H groups in total. The number of halogens is 1. The lowest BCUT2D eigenvalue weighted by Gasteiger charge is -2.32. The monoisotopic (exact) mass is 283 g/mol. The molecule has 0 aromatic carbocycles. The molecule has 1 fully saturated rings. The van der Waals surface area contributed by atoms with Gasteiger partial charge in [0.1, 0.15) is 16.8 Å². The van der Waals surface area contributed by atoms with Crippen LogP contribution in [0.15, 0.2) is 0 Å². The number of piperidine rings is 1.